The monoisotopic (exact) mass is 237 g/mol. The normalized spacial score (nSPS) is 14.2. The number of anilines is 1. The average Bonchev–Trinajstić information content (AvgIpc) is 2.28. The van der Waals surface area contributed by atoms with Gasteiger partial charge in [-0.25, -0.2) is 4.79 Å². The Morgan fingerprint density at radius 1 is 1.47 bits per heavy atom. The number of carbonyl (C=O) groups excluding carboxylic acids is 1. The molecule has 3 N–H and O–H groups in total. The number of aliphatic hydroxyl groups is 1. The number of nitrogens with one attached hydrogen (secondary N) is 2. The van der Waals surface area contributed by atoms with Crippen molar-refractivity contribution in [1.82, 2.24) is 10.3 Å². The van der Waals surface area contributed by atoms with Crippen molar-refractivity contribution in [1.29, 1.82) is 0 Å². The highest BCUT2D eigenvalue weighted by Crippen LogP contribution is 2.14. The number of hydrogen-bond donors (Lipinski definition) is 3. The summed E-state index contributed by atoms with van der Waals surface area (Å²) in [6, 6.07) is 3.05. The van der Waals surface area contributed by atoms with Crippen LogP contribution in [-0.4, -0.2) is 28.3 Å². The van der Waals surface area contributed by atoms with E-state index in [1.54, 1.807) is 31.5 Å². The van der Waals surface area contributed by atoms with E-state index < -0.39 is 5.60 Å². The Balaban J connectivity index is 2.41. The molecule has 1 unspecified atom stereocenters. The molecule has 2 amide bonds. The van der Waals surface area contributed by atoms with Gasteiger partial charge in [-0.2, -0.15) is 0 Å². The highest BCUT2D eigenvalue weighted by molar-refractivity contribution is 5.89. The summed E-state index contributed by atoms with van der Waals surface area (Å²) in [6.45, 7) is 5.72. The van der Waals surface area contributed by atoms with Gasteiger partial charge in [-0.05, 0) is 25.0 Å². The van der Waals surface area contributed by atoms with E-state index in [4.69, 9.17) is 0 Å². The number of carbonyl (C=O) groups is 1. The fourth-order valence-corrected chi connectivity index (χ4v) is 1.07. The topological polar surface area (TPSA) is 74.2 Å². The van der Waals surface area contributed by atoms with Crippen molar-refractivity contribution in [3.8, 4) is 0 Å². The van der Waals surface area contributed by atoms with Crippen LogP contribution in [0.4, 0.5) is 10.5 Å². The Morgan fingerprint density at radius 3 is 2.59 bits per heavy atom. The standard InChI is InChI=1S/C12H19N3O2/c1-9(2)12(3,17)8-14-11(16)15-10-4-6-13-7-5-10/h4-7,9,17H,8H2,1-3H3,(H2,13,14,15,16). The maximum Gasteiger partial charge on any atom is 0.319 e. The van der Waals surface area contributed by atoms with Crippen LogP contribution in [0.5, 0.6) is 0 Å². The quantitative estimate of drug-likeness (QED) is 0.744. The smallest absolute Gasteiger partial charge is 0.319 e. The number of rotatable bonds is 4. The number of aromatic nitrogens is 1. The predicted octanol–water partition coefficient (Wildman–Crippen LogP) is 1.61. The van der Waals surface area contributed by atoms with E-state index in [1.807, 2.05) is 13.8 Å². The summed E-state index contributed by atoms with van der Waals surface area (Å²) in [5, 5.41) is 15.2. The lowest BCUT2D eigenvalue weighted by Crippen LogP contribution is -2.45. The van der Waals surface area contributed by atoms with Gasteiger partial charge >= 0.3 is 6.03 Å². The molecular weight excluding hydrogens is 218 g/mol. The highest BCUT2D eigenvalue weighted by atomic mass is 16.3. The number of amides is 2. The summed E-state index contributed by atoms with van der Waals surface area (Å²) in [5.74, 6) is 0.0729. The van der Waals surface area contributed by atoms with Crippen molar-refractivity contribution in [3.05, 3.63) is 24.5 Å². The molecule has 1 aromatic heterocycles. The Morgan fingerprint density at radius 2 is 2.06 bits per heavy atom. The molecule has 1 heterocycles. The summed E-state index contributed by atoms with van der Waals surface area (Å²) in [4.78, 5) is 15.4. The van der Waals surface area contributed by atoms with Crippen molar-refractivity contribution >= 4 is 11.7 Å². The van der Waals surface area contributed by atoms with Crippen LogP contribution in [0.3, 0.4) is 0 Å². The van der Waals surface area contributed by atoms with Gasteiger partial charge in [0.05, 0.1) is 5.60 Å². The van der Waals surface area contributed by atoms with Gasteiger partial charge in [0.25, 0.3) is 0 Å². The van der Waals surface area contributed by atoms with Crippen LogP contribution in [0.1, 0.15) is 20.8 Å². The first-order valence-corrected chi connectivity index (χ1v) is 5.59. The van der Waals surface area contributed by atoms with Gasteiger partial charge in [-0.1, -0.05) is 13.8 Å². The third-order valence-electron chi connectivity index (χ3n) is 2.79. The van der Waals surface area contributed by atoms with E-state index in [9.17, 15) is 9.90 Å². The SMILES string of the molecule is CC(C)C(C)(O)CNC(=O)Nc1ccncc1. The molecular formula is C12H19N3O2. The van der Waals surface area contributed by atoms with Gasteiger partial charge in [0.15, 0.2) is 0 Å². The molecule has 0 aliphatic carbocycles. The van der Waals surface area contributed by atoms with E-state index in [1.165, 1.54) is 0 Å². The number of nitrogens with zero attached hydrogens (tertiary/aromatic N) is 1. The summed E-state index contributed by atoms with van der Waals surface area (Å²) in [6.07, 6.45) is 3.19. The van der Waals surface area contributed by atoms with Crippen molar-refractivity contribution in [3.63, 3.8) is 0 Å². The molecule has 94 valence electrons. The summed E-state index contributed by atoms with van der Waals surface area (Å²) >= 11 is 0. The van der Waals surface area contributed by atoms with Gasteiger partial charge in [-0.15, -0.1) is 0 Å². The van der Waals surface area contributed by atoms with Crippen LogP contribution < -0.4 is 10.6 Å². The minimum atomic E-state index is -0.907. The zero-order valence-electron chi connectivity index (χ0n) is 10.4. The fourth-order valence-electron chi connectivity index (χ4n) is 1.07. The Kier molecular flexibility index (Phi) is 4.45. The van der Waals surface area contributed by atoms with Gasteiger partial charge in [-0.3, -0.25) is 4.98 Å². The molecule has 1 aromatic rings. The maximum atomic E-state index is 11.5. The lowest BCUT2D eigenvalue weighted by molar-refractivity contribution is 0.0170. The second kappa shape index (κ2) is 5.63. The molecule has 0 saturated heterocycles. The molecule has 0 aliphatic rings. The lowest BCUT2D eigenvalue weighted by atomic mass is 9.93. The van der Waals surface area contributed by atoms with Crippen LogP contribution in [0.2, 0.25) is 0 Å². The van der Waals surface area contributed by atoms with Crippen molar-refractivity contribution < 1.29 is 9.90 Å². The highest BCUT2D eigenvalue weighted by Gasteiger charge is 2.25. The zero-order chi connectivity index (χ0) is 12.9. The van der Waals surface area contributed by atoms with Crippen LogP contribution in [0.25, 0.3) is 0 Å². The van der Waals surface area contributed by atoms with Gasteiger partial charge < -0.3 is 15.7 Å². The van der Waals surface area contributed by atoms with Gasteiger partial charge in [0, 0.05) is 24.6 Å². The molecule has 0 radical (unpaired) electrons. The van der Waals surface area contributed by atoms with Crippen LogP contribution >= 0.6 is 0 Å². The summed E-state index contributed by atoms with van der Waals surface area (Å²) in [5.41, 5.74) is -0.239. The van der Waals surface area contributed by atoms with Gasteiger partial charge in [0.2, 0.25) is 0 Å². The number of urea groups is 1. The van der Waals surface area contributed by atoms with E-state index in [2.05, 4.69) is 15.6 Å². The molecule has 0 aromatic carbocycles. The Bertz CT molecular complexity index is 363. The average molecular weight is 237 g/mol. The Labute approximate surface area is 101 Å². The third kappa shape index (κ3) is 4.40. The van der Waals surface area contributed by atoms with Crippen molar-refractivity contribution in [2.75, 3.05) is 11.9 Å². The second-order valence-corrected chi connectivity index (χ2v) is 4.56. The molecule has 5 heteroatoms. The van der Waals surface area contributed by atoms with Gasteiger partial charge in [0.1, 0.15) is 0 Å². The minimum Gasteiger partial charge on any atom is -0.388 e. The number of pyridine rings is 1. The van der Waals surface area contributed by atoms with E-state index in [0.29, 0.717) is 5.69 Å². The number of hydrogen-bond acceptors (Lipinski definition) is 3. The predicted molar refractivity (Wildman–Crippen MR) is 66.7 cm³/mol. The molecule has 17 heavy (non-hydrogen) atoms. The van der Waals surface area contributed by atoms with Crippen LogP contribution in [0, 0.1) is 5.92 Å². The van der Waals surface area contributed by atoms with Crippen molar-refractivity contribution in [2.24, 2.45) is 5.92 Å². The molecule has 0 spiro atoms. The minimum absolute atomic E-state index is 0.0729. The molecule has 1 atom stereocenters. The molecule has 1 rings (SSSR count). The fraction of sp³-hybridized carbons (Fsp3) is 0.500. The summed E-state index contributed by atoms with van der Waals surface area (Å²) < 4.78 is 0. The Hall–Kier alpha value is -1.62. The molecule has 5 nitrogen and oxygen atoms in total. The first-order valence-electron chi connectivity index (χ1n) is 5.59. The van der Waals surface area contributed by atoms with E-state index in [-0.39, 0.29) is 18.5 Å². The van der Waals surface area contributed by atoms with E-state index >= 15 is 0 Å². The molecule has 0 bridgehead atoms. The van der Waals surface area contributed by atoms with Crippen LogP contribution in [0.15, 0.2) is 24.5 Å². The molecule has 0 saturated carbocycles. The first kappa shape index (κ1) is 13.4. The van der Waals surface area contributed by atoms with Crippen LogP contribution in [-0.2, 0) is 0 Å². The summed E-state index contributed by atoms with van der Waals surface area (Å²) in [7, 11) is 0. The molecule has 0 fully saturated rings. The lowest BCUT2D eigenvalue weighted by Gasteiger charge is -2.27. The maximum absolute atomic E-state index is 11.5. The second-order valence-electron chi connectivity index (χ2n) is 4.56. The third-order valence-corrected chi connectivity index (χ3v) is 2.79. The first-order chi connectivity index (χ1) is 7.92. The largest absolute Gasteiger partial charge is 0.388 e. The molecule has 0 aliphatic heterocycles. The van der Waals surface area contributed by atoms with E-state index in [0.717, 1.165) is 0 Å². The zero-order valence-corrected chi connectivity index (χ0v) is 10.4. The van der Waals surface area contributed by atoms with Crippen molar-refractivity contribution in [2.45, 2.75) is 26.4 Å².